The molecule has 0 aromatic rings. The van der Waals surface area contributed by atoms with Crippen molar-refractivity contribution < 1.29 is 9.53 Å². The standard InChI is InChI=1S/C11H23N3O2/c1-9-8-16-7-6-14(9)5-4-11(2,13-3)10(12)15/h9,13H,4-8H2,1-3H3,(H2,12,15). The Hall–Kier alpha value is -0.650. The normalized spacial score (nSPS) is 26.3. The highest BCUT2D eigenvalue weighted by Crippen LogP contribution is 2.13. The van der Waals surface area contributed by atoms with Crippen molar-refractivity contribution in [3.05, 3.63) is 0 Å². The minimum Gasteiger partial charge on any atom is -0.379 e. The maximum atomic E-state index is 11.3. The van der Waals surface area contributed by atoms with E-state index in [1.54, 1.807) is 7.05 Å². The molecular formula is C11H23N3O2. The predicted octanol–water partition coefficient (Wildman–Crippen LogP) is -0.439. The summed E-state index contributed by atoms with van der Waals surface area (Å²) in [6.45, 7) is 7.33. The van der Waals surface area contributed by atoms with Gasteiger partial charge in [0.15, 0.2) is 0 Å². The SMILES string of the molecule is CNC(C)(CCN1CCOCC1C)C(N)=O. The largest absolute Gasteiger partial charge is 0.379 e. The van der Waals surface area contributed by atoms with Gasteiger partial charge in [-0.2, -0.15) is 0 Å². The van der Waals surface area contributed by atoms with E-state index in [-0.39, 0.29) is 5.91 Å². The molecule has 94 valence electrons. The lowest BCUT2D eigenvalue weighted by Gasteiger charge is -2.36. The first-order valence-corrected chi connectivity index (χ1v) is 5.80. The molecule has 1 fully saturated rings. The number of rotatable bonds is 5. The Kier molecular flexibility index (Phi) is 4.70. The molecule has 0 aromatic carbocycles. The molecule has 5 heteroatoms. The van der Waals surface area contributed by atoms with Gasteiger partial charge < -0.3 is 15.8 Å². The second-order valence-electron chi connectivity index (χ2n) is 4.66. The first kappa shape index (κ1) is 13.4. The average Bonchev–Trinajstić information content (AvgIpc) is 2.27. The monoisotopic (exact) mass is 229 g/mol. The molecule has 2 unspecified atom stereocenters. The Morgan fingerprint density at radius 3 is 2.88 bits per heavy atom. The van der Waals surface area contributed by atoms with Gasteiger partial charge in [-0.1, -0.05) is 0 Å². The summed E-state index contributed by atoms with van der Waals surface area (Å²) in [6.07, 6.45) is 0.725. The summed E-state index contributed by atoms with van der Waals surface area (Å²) in [5.41, 5.74) is 4.77. The number of carbonyl (C=O) groups is 1. The summed E-state index contributed by atoms with van der Waals surface area (Å²) in [4.78, 5) is 13.7. The number of likely N-dealkylation sites (N-methyl/N-ethyl adjacent to an activating group) is 1. The van der Waals surface area contributed by atoms with Crippen LogP contribution in [0.1, 0.15) is 20.3 Å². The fourth-order valence-electron chi connectivity index (χ4n) is 1.83. The lowest BCUT2D eigenvalue weighted by atomic mass is 9.96. The van der Waals surface area contributed by atoms with Gasteiger partial charge in [0.25, 0.3) is 0 Å². The lowest BCUT2D eigenvalue weighted by molar-refractivity contribution is -0.124. The number of ether oxygens (including phenoxy) is 1. The summed E-state index contributed by atoms with van der Waals surface area (Å²) < 4.78 is 5.37. The Balaban J connectivity index is 2.45. The molecule has 1 heterocycles. The van der Waals surface area contributed by atoms with Crippen LogP contribution in [-0.4, -0.2) is 55.7 Å². The Labute approximate surface area is 97.3 Å². The fraction of sp³-hybridized carbons (Fsp3) is 0.909. The van der Waals surface area contributed by atoms with Gasteiger partial charge in [-0.25, -0.2) is 0 Å². The van der Waals surface area contributed by atoms with E-state index in [1.807, 2.05) is 6.92 Å². The molecule has 1 aliphatic heterocycles. The molecule has 1 amide bonds. The maximum absolute atomic E-state index is 11.3. The molecule has 0 saturated carbocycles. The Morgan fingerprint density at radius 2 is 2.38 bits per heavy atom. The molecule has 1 rings (SSSR count). The molecule has 0 radical (unpaired) electrons. The van der Waals surface area contributed by atoms with Crippen LogP contribution in [0.4, 0.5) is 0 Å². The zero-order chi connectivity index (χ0) is 12.2. The van der Waals surface area contributed by atoms with Crippen molar-refractivity contribution in [2.24, 2.45) is 5.73 Å². The molecule has 0 bridgehead atoms. The number of hydrogen-bond acceptors (Lipinski definition) is 4. The second-order valence-corrected chi connectivity index (χ2v) is 4.66. The van der Waals surface area contributed by atoms with Crippen molar-refractivity contribution in [1.29, 1.82) is 0 Å². The van der Waals surface area contributed by atoms with Gasteiger partial charge in [0.1, 0.15) is 0 Å². The van der Waals surface area contributed by atoms with Crippen LogP contribution in [0.3, 0.4) is 0 Å². The first-order valence-electron chi connectivity index (χ1n) is 5.80. The first-order chi connectivity index (χ1) is 7.49. The second kappa shape index (κ2) is 5.61. The van der Waals surface area contributed by atoms with E-state index in [9.17, 15) is 4.79 Å². The van der Waals surface area contributed by atoms with Crippen LogP contribution < -0.4 is 11.1 Å². The molecule has 16 heavy (non-hydrogen) atoms. The quantitative estimate of drug-likeness (QED) is 0.671. The minimum absolute atomic E-state index is 0.295. The van der Waals surface area contributed by atoms with Crippen LogP contribution in [0.25, 0.3) is 0 Å². The van der Waals surface area contributed by atoms with E-state index in [0.29, 0.717) is 6.04 Å². The van der Waals surface area contributed by atoms with Crippen LogP contribution in [0, 0.1) is 0 Å². The minimum atomic E-state index is -0.613. The predicted molar refractivity (Wildman–Crippen MR) is 63.1 cm³/mol. The van der Waals surface area contributed by atoms with Crippen molar-refractivity contribution in [1.82, 2.24) is 10.2 Å². The molecule has 0 spiro atoms. The Morgan fingerprint density at radius 1 is 1.69 bits per heavy atom. The molecule has 3 N–H and O–H groups in total. The number of morpholine rings is 1. The topological polar surface area (TPSA) is 67.6 Å². The lowest BCUT2D eigenvalue weighted by Crippen LogP contribution is -2.54. The van der Waals surface area contributed by atoms with Crippen LogP contribution in [0.15, 0.2) is 0 Å². The van der Waals surface area contributed by atoms with E-state index in [0.717, 1.165) is 32.7 Å². The van der Waals surface area contributed by atoms with Crippen molar-refractivity contribution in [2.45, 2.75) is 31.8 Å². The zero-order valence-corrected chi connectivity index (χ0v) is 10.5. The molecule has 1 saturated heterocycles. The number of nitrogens with two attached hydrogens (primary N) is 1. The van der Waals surface area contributed by atoms with Gasteiger partial charge in [-0.05, 0) is 27.3 Å². The van der Waals surface area contributed by atoms with Gasteiger partial charge in [0, 0.05) is 19.1 Å². The maximum Gasteiger partial charge on any atom is 0.237 e. The number of nitrogens with zero attached hydrogens (tertiary/aromatic N) is 1. The summed E-state index contributed by atoms with van der Waals surface area (Å²) in [7, 11) is 1.77. The highest BCUT2D eigenvalue weighted by atomic mass is 16.5. The number of nitrogens with one attached hydrogen (secondary N) is 1. The highest BCUT2D eigenvalue weighted by molar-refractivity contribution is 5.84. The molecule has 2 atom stereocenters. The van der Waals surface area contributed by atoms with Crippen LogP contribution in [0.5, 0.6) is 0 Å². The van der Waals surface area contributed by atoms with Crippen molar-refractivity contribution in [3.8, 4) is 0 Å². The third kappa shape index (κ3) is 3.17. The molecular weight excluding hydrogens is 206 g/mol. The summed E-state index contributed by atoms with van der Waals surface area (Å²) in [6, 6.07) is 0.419. The average molecular weight is 229 g/mol. The Bertz CT molecular complexity index is 247. The third-order valence-electron chi connectivity index (χ3n) is 3.50. The van der Waals surface area contributed by atoms with Gasteiger partial charge >= 0.3 is 0 Å². The summed E-state index contributed by atoms with van der Waals surface area (Å²) in [5, 5.41) is 3.00. The summed E-state index contributed by atoms with van der Waals surface area (Å²) >= 11 is 0. The number of primary amides is 1. The van der Waals surface area contributed by atoms with Crippen molar-refractivity contribution in [2.75, 3.05) is 33.4 Å². The van der Waals surface area contributed by atoms with Crippen LogP contribution >= 0.6 is 0 Å². The molecule has 0 aromatic heterocycles. The van der Waals surface area contributed by atoms with Gasteiger partial charge in [-0.3, -0.25) is 9.69 Å². The van der Waals surface area contributed by atoms with Gasteiger partial charge in [0.2, 0.25) is 5.91 Å². The molecule has 5 nitrogen and oxygen atoms in total. The zero-order valence-electron chi connectivity index (χ0n) is 10.5. The van der Waals surface area contributed by atoms with E-state index < -0.39 is 5.54 Å². The van der Waals surface area contributed by atoms with Crippen molar-refractivity contribution >= 4 is 5.91 Å². The highest BCUT2D eigenvalue weighted by Gasteiger charge is 2.30. The number of hydrogen-bond donors (Lipinski definition) is 2. The number of carbonyl (C=O) groups excluding carboxylic acids is 1. The molecule has 1 aliphatic rings. The molecule has 0 aliphatic carbocycles. The van der Waals surface area contributed by atoms with Gasteiger partial charge in [0.05, 0.1) is 18.8 Å². The van der Waals surface area contributed by atoms with E-state index in [4.69, 9.17) is 10.5 Å². The number of amides is 1. The van der Waals surface area contributed by atoms with Crippen LogP contribution in [0.2, 0.25) is 0 Å². The fourth-order valence-corrected chi connectivity index (χ4v) is 1.83. The van der Waals surface area contributed by atoms with Crippen molar-refractivity contribution in [3.63, 3.8) is 0 Å². The van der Waals surface area contributed by atoms with Gasteiger partial charge in [-0.15, -0.1) is 0 Å². The van der Waals surface area contributed by atoms with E-state index in [2.05, 4.69) is 17.1 Å². The van der Waals surface area contributed by atoms with Crippen LogP contribution in [-0.2, 0) is 9.53 Å². The van der Waals surface area contributed by atoms with E-state index in [1.165, 1.54) is 0 Å². The third-order valence-corrected chi connectivity index (χ3v) is 3.50. The summed E-state index contributed by atoms with van der Waals surface area (Å²) in [5.74, 6) is -0.295. The van der Waals surface area contributed by atoms with E-state index >= 15 is 0 Å². The smallest absolute Gasteiger partial charge is 0.237 e.